The Morgan fingerprint density at radius 2 is 1.93 bits per heavy atom. The molecule has 2 heterocycles. The summed E-state index contributed by atoms with van der Waals surface area (Å²) in [6.45, 7) is 1.77. The van der Waals surface area contributed by atoms with E-state index in [9.17, 15) is 9.59 Å². The molecule has 0 atom stereocenters. The highest BCUT2D eigenvalue weighted by molar-refractivity contribution is 7.18. The number of nitrogens with zero attached hydrogens (tertiary/aromatic N) is 1. The highest BCUT2D eigenvalue weighted by atomic mass is 35.5. The van der Waals surface area contributed by atoms with Gasteiger partial charge in [0, 0.05) is 36.4 Å². The summed E-state index contributed by atoms with van der Waals surface area (Å²) >= 11 is 7.16. The molecule has 4 rings (SSSR count). The summed E-state index contributed by atoms with van der Waals surface area (Å²) in [6.07, 6.45) is 0. The van der Waals surface area contributed by atoms with Gasteiger partial charge in [0.15, 0.2) is 0 Å². The first-order chi connectivity index (χ1) is 14.0. The molecule has 0 unspecified atom stereocenters. The fourth-order valence-electron chi connectivity index (χ4n) is 3.52. The number of rotatable bonds is 6. The van der Waals surface area contributed by atoms with Crippen molar-refractivity contribution in [1.82, 2.24) is 10.2 Å². The van der Waals surface area contributed by atoms with Crippen LogP contribution in [0.15, 0.2) is 54.6 Å². The monoisotopic (exact) mass is 425 g/mol. The van der Waals surface area contributed by atoms with E-state index in [1.165, 1.54) is 16.9 Å². The van der Waals surface area contributed by atoms with E-state index in [1.54, 1.807) is 23.1 Å². The maximum atomic E-state index is 12.9. The van der Waals surface area contributed by atoms with Crippen molar-refractivity contribution < 1.29 is 9.59 Å². The minimum absolute atomic E-state index is 0.0192. The lowest BCUT2D eigenvalue weighted by Crippen LogP contribution is -2.23. The summed E-state index contributed by atoms with van der Waals surface area (Å²) in [7, 11) is 1.91. The van der Waals surface area contributed by atoms with Gasteiger partial charge in [-0.05, 0) is 42.4 Å². The average Bonchev–Trinajstić information content (AvgIpc) is 3.27. The lowest BCUT2D eigenvalue weighted by atomic mass is 10.1. The third-order valence-corrected chi connectivity index (χ3v) is 6.06. The summed E-state index contributed by atoms with van der Waals surface area (Å²) in [5, 5.41) is 6.07. The highest BCUT2D eigenvalue weighted by Crippen LogP contribution is 2.31. The normalized spacial score (nSPS) is 12.9. The number of halogens is 1. The Labute approximate surface area is 178 Å². The number of carbonyl (C=O) groups excluding carboxylic acids is 2. The fourth-order valence-corrected chi connectivity index (χ4v) is 4.46. The summed E-state index contributed by atoms with van der Waals surface area (Å²) in [6, 6.07) is 17.0. The van der Waals surface area contributed by atoms with Crippen LogP contribution in [0.25, 0.3) is 0 Å². The van der Waals surface area contributed by atoms with Crippen LogP contribution in [0, 0.1) is 0 Å². The van der Waals surface area contributed by atoms with E-state index in [-0.39, 0.29) is 11.8 Å². The smallest absolute Gasteiger partial charge is 0.265 e. The Hall–Kier alpha value is -2.67. The predicted molar refractivity (Wildman–Crippen MR) is 117 cm³/mol. The summed E-state index contributed by atoms with van der Waals surface area (Å²) in [5.74, 6) is -0.241. The minimum atomic E-state index is -0.221. The molecule has 2 N–H and O–H groups in total. The molecule has 0 spiro atoms. The minimum Gasteiger partial charge on any atom is -0.330 e. The van der Waals surface area contributed by atoms with Crippen LogP contribution >= 0.6 is 22.9 Å². The molecule has 1 aliphatic rings. The van der Waals surface area contributed by atoms with Gasteiger partial charge in [-0.25, -0.2) is 0 Å². The predicted octanol–water partition coefficient (Wildman–Crippen LogP) is 4.53. The third kappa shape index (κ3) is 4.19. The van der Waals surface area contributed by atoms with Gasteiger partial charge in [-0.3, -0.25) is 9.59 Å². The number of fused-ring (bicyclic) bond motifs is 1. The number of amides is 2. The van der Waals surface area contributed by atoms with E-state index in [0.29, 0.717) is 33.6 Å². The Balaban J connectivity index is 1.53. The largest absolute Gasteiger partial charge is 0.330 e. The molecule has 29 heavy (non-hydrogen) atoms. The van der Waals surface area contributed by atoms with E-state index in [1.807, 2.05) is 31.3 Å². The second-order valence-electron chi connectivity index (χ2n) is 6.90. The fraction of sp³-hybridized carbons (Fsp3) is 0.182. The van der Waals surface area contributed by atoms with Crippen molar-refractivity contribution >= 4 is 40.4 Å². The van der Waals surface area contributed by atoms with Crippen LogP contribution in [-0.2, 0) is 19.6 Å². The zero-order chi connectivity index (χ0) is 20.4. The second kappa shape index (κ2) is 8.37. The van der Waals surface area contributed by atoms with Crippen LogP contribution in [-0.4, -0.2) is 23.8 Å². The maximum absolute atomic E-state index is 12.9. The van der Waals surface area contributed by atoms with Gasteiger partial charge in [-0.2, -0.15) is 0 Å². The summed E-state index contributed by atoms with van der Waals surface area (Å²) in [4.78, 5) is 27.8. The number of anilines is 1. The van der Waals surface area contributed by atoms with E-state index in [0.717, 1.165) is 17.7 Å². The molecule has 0 bridgehead atoms. The van der Waals surface area contributed by atoms with Crippen molar-refractivity contribution in [3.63, 3.8) is 0 Å². The second-order valence-corrected chi connectivity index (χ2v) is 8.62. The molecule has 0 radical (unpaired) electrons. The van der Waals surface area contributed by atoms with E-state index < -0.39 is 0 Å². The SMILES string of the molecule is CNCc1cccc(CN2Cc3c(NC(=O)c4ccc(Cl)s4)cccc3C2=O)c1. The zero-order valence-corrected chi connectivity index (χ0v) is 17.4. The number of carbonyl (C=O) groups is 2. The molecule has 7 heteroatoms. The van der Waals surface area contributed by atoms with Crippen molar-refractivity contribution in [3.05, 3.63) is 86.1 Å². The van der Waals surface area contributed by atoms with Crippen LogP contribution in [0.3, 0.4) is 0 Å². The molecule has 2 amide bonds. The Kier molecular flexibility index (Phi) is 5.67. The number of hydrogen-bond donors (Lipinski definition) is 2. The zero-order valence-electron chi connectivity index (χ0n) is 15.9. The van der Waals surface area contributed by atoms with Crippen LogP contribution < -0.4 is 10.6 Å². The molecule has 3 aromatic rings. The number of hydrogen-bond acceptors (Lipinski definition) is 4. The molecule has 0 saturated heterocycles. The molecule has 0 saturated carbocycles. The van der Waals surface area contributed by atoms with Gasteiger partial charge in [0.2, 0.25) is 0 Å². The van der Waals surface area contributed by atoms with Crippen molar-refractivity contribution in [2.24, 2.45) is 0 Å². The topological polar surface area (TPSA) is 61.4 Å². The van der Waals surface area contributed by atoms with Gasteiger partial charge in [-0.1, -0.05) is 41.9 Å². The molecule has 0 fully saturated rings. The first-order valence-corrected chi connectivity index (χ1v) is 10.4. The molecular formula is C22H20ClN3O2S. The number of benzene rings is 2. The first kappa shape index (κ1) is 19.6. The van der Waals surface area contributed by atoms with E-state index in [2.05, 4.69) is 22.8 Å². The molecular weight excluding hydrogens is 406 g/mol. The van der Waals surface area contributed by atoms with Gasteiger partial charge in [0.25, 0.3) is 11.8 Å². The summed E-state index contributed by atoms with van der Waals surface area (Å²) in [5.41, 5.74) is 4.41. The van der Waals surface area contributed by atoms with E-state index >= 15 is 0 Å². The van der Waals surface area contributed by atoms with Gasteiger partial charge >= 0.3 is 0 Å². The molecule has 0 aliphatic carbocycles. The summed E-state index contributed by atoms with van der Waals surface area (Å²) < 4.78 is 0.565. The molecule has 1 aliphatic heterocycles. The molecule has 1 aromatic heterocycles. The number of nitrogens with one attached hydrogen (secondary N) is 2. The van der Waals surface area contributed by atoms with Crippen molar-refractivity contribution in [1.29, 1.82) is 0 Å². The van der Waals surface area contributed by atoms with Crippen LogP contribution in [0.5, 0.6) is 0 Å². The average molecular weight is 426 g/mol. The van der Waals surface area contributed by atoms with Crippen molar-refractivity contribution in [2.75, 3.05) is 12.4 Å². The number of thiophene rings is 1. The lowest BCUT2D eigenvalue weighted by molar-refractivity contribution is 0.0766. The Morgan fingerprint density at radius 1 is 1.14 bits per heavy atom. The highest BCUT2D eigenvalue weighted by Gasteiger charge is 2.29. The first-order valence-electron chi connectivity index (χ1n) is 9.25. The van der Waals surface area contributed by atoms with E-state index in [4.69, 9.17) is 11.6 Å². The lowest BCUT2D eigenvalue weighted by Gasteiger charge is -2.16. The maximum Gasteiger partial charge on any atom is 0.265 e. The molecule has 2 aromatic carbocycles. The van der Waals surface area contributed by atoms with Gasteiger partial charge in [0.1, 0.15) is 0 Å². The Morgan fingerprint density at radius 3 is 2.69 bits per heavy atom. The van der Waals surface area contributed by atoms with Crippen LogP contribution in [0.1, 0.15) is 36.7 Å². The molecule has 5 nitrogen and oxygen atoms in total. The molecule has 148 valence electrons. The van der Waals surface area contributed by atoms with Crippen molar-refractivity contribution in [3.8, 4) is 0 Å². The third-order valence-electron chi connectivity index (χ3n) is 4.83. The van der Waals surface area contributed by atoms with Gasteiger partial charge in [0.05, 0.1) is 9.21 Å². The van der Waals surface area contributed by atoms with Gasteiger partial charge in [-0.15, -0.1) is 11.3 Å². The van der Waals surface area contributed by atoms with Crippen LogP contribution in [0.4, 0.5) is 5.69 Å². The van der Waals surface area contributed by atoms with Crippen LogP contribution in [0.2, 0.25) is 4.34 Å². The van der Waals surface area contributed by atoms with Gasteiger partial charge < -0.3 is 15.5 Å². The standard InChI is InChI=1S/C22H20ClN3O2S/c1-24-11-14-4-2-5-15(10-14)12-26-13-17-16(22(26)28)6-3-7-18(17)25-21(27)19-8-9-20(23)29-19/h2-10,24H,11-13H2,1H3,(H,25,27). The van der Waals surface area contributed by atoms with Crippen molar-refractivity contribution in [2.45, 2.75) is 19.6 Å². The quantitative estimate of drug-likeness (QED) is 0.610. The Bertz CT molecular complexity index is 1080.